The monoisotopic (exact) mass is 345 g/mol. The highest BCUT2D eigenvalue weighted by Crippen LogP contribution is 2.25. The maximum Gasteiger partial charge on any atom is 0.261 e. The van der Waals surface area contributed by atoms with Crippen LogP contribution in [0.25, 0.3) is 0 Å². The summed E-state index contributed by atoms with van der Waals surface area (Å²) in [7, 11) is -3.74. The Hall–Kier alpha value is -2.14. The topological polar surface area (TPSA) is 63.2 Å². The highest BCUT2D eigenvalue weighted by Gasteiger charge is 2.18. The third kappa shape index (κ3) is 4.03. The summed E-state index contributed by atoms with van der Waals surface area (Å²) in [5, 5.41) is 0. The molecule has 1 N–H and O–H groups in total. The average Bonchev–Trinajstić information content (AvgIpc) is 2.46. The van der Waals surface area contributed by atoms with Crippen LogP contribution in [0, 0.1) is 6.92 Å². The number of hydrogen-bond donors (Lipinski definition) is 1. The van der Waals surface area contributed by atoms with Crippen molar-refractivity contribution in [3.05, 3.63) is 59.2 Å². The number of hydrogen-bond acceptors (Lipinski definition) is 3. The molecule has 128 valence electrons. The molecule has 0 atom stereocenters. The Labute approximate surface area is 144 Å². The summed E-state index contributed by atoms with van der Waals surface area (Å²) in [5.74, 6) is -0.154. The van der Waals surface area contributed by atoms with E-state index in [1.807, 2.05) is 12.1 Å². The van der Waals surface area contributed by atoms with Crippen LogP contribution in [0.15, 0.2) is 47.4 Å². The van der Waals surface area contributed by atoms with Gasteiger partial charge in [0.2, 0.25) is 0 Å². The predicted molar refractivity (Wildman–Crippen MR) is 97.1 cm³/mol. The molecule has 24 heavy (non-hydrogen) atoms. The first-order valence-electron chi connectivity index (χ1n) is 7.76. The second-order valence-corrected chi connectivity index (χ2v) is 8.65. The third-order valence-corrected chi connectivity index (χ3v) is 5.28. The first kappa shape index (κ1) is 18.2. The van der Waals surface area contributed by atoms with Gasteiger partial charge in [0, 0.05) is 11.3 Å². The van der Waals surface area contributed by atoms with E-state index in [1.54, 1.807) is 25.1 Å². The van der Waals surface area contributed by atoms with Gasteiger partial charge in [0.05, 0.1) is 4.90 Å². The lowest BCUT2D eigenvalue weighted by molar-refractivity contribution is 0.101. The van der Waals surface area contributed by atoms with Gasteiger partial charge in [-0.1, -0.05) is 39.0 Å². The molecule has 0 aromatic heterocycles. The Morgan fingerprint density at radius 2 is 1.58 bits per heavy atom. The predicted octanol–water partition coefficient (Wildman–Crippen LogP) is 4.30. The molecule has 5 heteroatoms. The Balaban J connectivity index is 2.32. The minimum absolute atomic E-state index is 0.00471. The standard InChI is InChI=1S/C19H23NO3S/c1-13-6-11-17(12-18(13)14(2)21)24(22,23)20-16-9-7-15(8-10-16)19(3,4)5/h6-12,20H,1-5H3. The number of rotatable bonds is 4. The van der Waals surface area contributed by atoms with Crippen molar-refractivity contribution in [2.45, 2.75) is 44.9 Å². The normalized spacial score (nSPS) is 12.0. The zero-order chi connectivity index (χ0) is 18.1. The van der Waals surface area contributed by atoms with E-state index in [2.05, 4.69) is 25.5 Å². The fourth-order valence-electron chi connectivity index (χ4n) is 2.40. The highest BCUT2D eigenvalue weighted by atomic mass is 32.2. The van der Waals surface area contributed by atoms with Crippen molar-refractivity contribution in [3.63, 3.8) is 0 Å². The molecule has 2 aromatic rings. The van der Waals surface area contributed by atoms with Crippen LogP contribution in [0.4, 0.5) is 5.69 Å². The van der Waals surface area contributed by atoms with Gasteiger partial charge in [-0.05, 0) is 54.7 Å². The lowest BCUT2D eigenvalue weighted by Gasteiger charge is -2.19. The van der Waals surface area contributed by atoms with Gasteiger partial charge in [0.25, 0.3) is 10.0 Å². The average molecular weight is 345 g/mol. The summed E-state index contributed by atoms with van der Waals surface area (Å²) in [6.07, 6.45) is 0. The first-order chi connectivity index (χ1) is 11.0. The number of nitrogens with one attached hydrogen (secondary N) is 1. The minimum atomic E-state index is -3.74. The van der Waals surface area contributed by atoms with Crippen LogP contribution in [0.3, 0.4) is 0 Å². The molecule has 0 bridgehead atoms. The molecule has 2 aromatic carbocycles. The minimum Gasteiger partial charge on any atom is -0.295 e. The van der Waals surface area contributed by atoms with Crippen molar-refractivity contribution >= 4 is 21.5 Å². The van der Waals surface area contributed by atoms with Gasteiger partial charge in [0.15, 0.2) is 5.78 Å². The fourth-order valence-corrected chi connectivity index (χ4v) is 3.48. The SMILES string of the molecule is CC(=O)c1cc(S(=O)(=O)Nc2ccc(C(C)(C)C)cc2)ccc1C. The Kier molecular flexibility index (Phi) is 4.85. The van der Waals surface area contributed by atoms with E-state index in [4.69, 9.17) is 0 Å². The lowest BCUT2D eigenvalue weighted by atomic mass is 9.87. The van der Waals surface area contributed by atoms with E-state index >= 15 is 0 Å². The van der Waals surface area contributed by atoms with Crippen molar-refractivity contribution in [3.8, 4) is 0 Å². The molecule has 0 spiro atoms. The molecule has 0 unspecified atom stereocenters. The van der Waals surface area contributed by atoms with Gasteiger partial charge < -0.3 is 0 Å². The van der Waals surface area contributed by atoms with Crippen LogP contribution in [-0.2, 0) is 15.4 Å². The number of Topliss-reactive ketones (excluding diaryl/α,β-unsaturated/α-hetero) is 1. The van der Waals surface area contributed by atoms with Gasteiger partial charge >= 0.3 is 0 Å². The number of sulfonamides is 1. The summed E-state index contributed by atoms with van der Waals surface area (Å²) in [6, 6.07) is 11.9. The summed E-state index contributed by atoms with van der Waals surface area (Å²) < 4.78 is 27.7. The van der Waals surface area contributed by atoms with Crippen molar-refractivity contribution < 1.29 is 13.2 Å². The molecule has 0 heterocycles. The number of ketones is 1. The summed E-state index contributed by atoms with van der Waals surface area (Å²) in [4.78, 5) is 11.7. The molecule has 4 nitrogen and oxygen atoms in total. The van der Waals surface area contributed by atoms with Gasteiger partial charge in [-0.15, -0.1) is 0 Å². The van der Waals surface area contributed by atoms with Crippen LogP contribution >= 0.6 is 0 Å². The lowest BCUT2D eigenvalue weighted by Crippen LogP contribution is -2.15. The second kappa shape index (κ2) is 6.40. The Bertz CT molecular complexity index is 860. The Morgan fingerprint density at radius 3 is 2.08 bits per heavy atom. The van der Waals surface area contributed by atoms with Crippen molar-refractivity contribution in [1.29, 1.82) is 0 Å². The third-order valence-electron chi connectivity index (χ3n) is 3.90. The Morgan fingerprint density at radius 1 is 1.00 bits per heavy atom. The van der Waals surface area contributed by atoms with E-state index in [0.29, 0.717) is 11.3 Å². The van der Waals surface area contributed by atoms with Crippen LogP contribution in [0.1, 0.15) is 49.2 Å². The highest BCUT2D eigenvalue weighted by molar-refractivity contribution is 7.92. The molecule has 0 aliphatic carbocycles. The fraction of sp³-hybridized carbons (Fsp3) is 0.316. The number of anilines is 1. The van der Waals surface area contributed by atoms with Crippen LogP contribution in [0.5, 0.6) is 0 Å². The molecular weight excluding hydrogens is 322 g/mol. The van der Waals surface area contributed by atoms with Crippen LogP contribution in [-0.4, -0.2) is 14.2 Å². The van der Waals surface area contributed by atoms with Crippen LogP contribution in [0.2, 0.25) is 0 Å². The number of carbonyl (C=O) groups excluding carboxylic acids is 1. The largest absolute Gasteiger partial charge is 0.295 e. The van der Waals surface area contributed by atoms with E-state index in [9.17, 15) is 13.2 Å². The zero-order valence-electron chi connectivity index (χ0n) is 14.7. The number of benzene rings is 2. The number of aryl methyl sites for hydroxylation is 1. The molecule has 0 aliphatic rings. The van der Waals surface area contributed by atoms with Crippen molar-refractivity contribution in [2.75, 3.05) is 4.72 Å². The molecule has 0 saturated heterocycles. The van der Waals surface area contributed by atoms with E-state index in [0.717, 1.165) is 11.1 Å². The van der Waals surface area contributed by atoms with E-state index in [1.165, 1.54) is 19.1 Å². The molecule has 0 amide bonds. The molecule has 2 rings (SSSR count). The smallest absolute Gasteiger partial charge is 0.261 e. The van der Waals surface area contributed by atoms with E-state index in [-0.39, 0.29) is 16.1 Å². The van der Waals surface area contributed by atoms with Gasteiger partial charge in [0.1, 0.15) is 0 Å². The first-order valence-corrected chi connectivity index (χ1v) is 9.24. The maximum absolute atomic E-state index is 12.5. The van der Waals surface area contributed by atoms with Gasteiger partial charge in [-0.3, -0.25) is 9.52 Å². The van der Waals surface area contributed by atoms with Crippen molar-refractivity contribution in [2.24, 2.45) is 0 Å². The maximum atomic E-state index is 12.5. The summed E-state index contributed by atoms with van der Waals surface area (Å²) in [5.41, 5.74) is 2.80. The molecule has 0 saturated carbocycles. The summed E-state index contributed by atoms with van der Waals surface area (Å²) in [6.45, 7) is 9.51. The molecule has 0 fully saturated rings. The van der Waals surface area contributed by atoms with E-state index < -0.39 is 10.0 Å². The van der Waals surface area contributed by atoms with Crippen molar-refractivity contribution in [1.82, 2.24) is 0 Å². The summed E-state index contributed by atoms with van der Waals surface area (Å²) >= 11 is 0. The molecule has 0 radical (unpaired) electrons. The number of carbonyl (C=O) groups is 1. The van der Waals surface area contributed by atoms with Gasteiger partial charge in [-0.25, -0.2) is 8.42 Å². The quantitative estimate of drug-likeness (QED) is 0.841. The van der Waals surface area contributed by atoms with Crippen LogP contribution < -0.4 is 4.72 Å². The zero-order valence-corrected chi connectivity index (χ0v) is 15.5. The molecular formula is C19H23NO3S. The molecule has 0 aliphatic heterocycles. The second-order valence-electron chi connectivity index (χ2n) is 6.97. The van der Waals surface area contributed by atoms with Gasteiger partial charge in [-0.2, -0.15) is 0 Å².